The van der Waals surface area contributed by atoms with Crippen molar-refractivity contribution < 1.29 is 42.3 Å². The molecule has 0 aliphatic rings. The van der Waals surface area contributed by atoms with E-state index in [0.717, 1.165) is 4.47 Å². The van der Waals surface area contributed by atoms with Crippen LogP contribution in [0, 0.1) is 11.3 Å². The van der Waals surface area contributed by atoms with Crippen molar-refractivity contribution in [2.75, 3.05) is 46.0 Å². The second-order valence-corrected chi connectivity index (χ2v) is 10.8. The molecule has 0 heterocycles. The minimum atomic E-state index is -4.04. The molecule has 0 aliphatic heterocycles. The van der Waals surface area contributed by atoms with Gasteiger partial charge in [-0.25, -0.2) is 0 Å². The SMILES string of the molecule is CC(C)(O)C(=O)c1ccc(OCC[N+](CC#N)(CCO)CCO)cc1.O=S(=O)(O)c1ccc(Br)cc1. The number of Topliss-reactive ketones (excluding diaryl/α,β-unsaturated/α-hetero) is 1. The average Bonchev–Trinajstić information content (AvgIpc) is 2.79. The predicted molar refractivity (Wildman–Crippen MR) is 136 cm³/mol. The molecule has 10 nitrogen and oxygen atoms in total. The molecule has 0 saturated carbocycles. The Morgan fingerprint density at radius 2 is 1.56 bits per heavy atom. The van der Waals surface area contributed by atoms with Crippen LogP contribution in [0.5, 0.6) is 5.75 Å². The van der Waals surface area contributed by atoms with Crippen LogP contribution < -0.4 is 4.74 Å². The highest BCUT2D eigenvalue weighted by molar-refractivity contribution is 9.10. The zero-order valence-corrected chi connectivity index (χ0v) is 22.6. The Hall–Kier alpha value is -2.37. The van der Waals surface area contributed by atoms with E-state index in [1.165, 1.54) is 26.0 Å². The normalized spacial score (nSPS) is 11.7. The van der Waals surface area contributed by atoms with Gasteiger partial charge in [0.05, 0.1) is 18.1 Å². The molecule has 4 N–H and O–H groups in total. The highest BCUT2D eigenvalue weighted by Gasteiger charge is 2.27. The smallest absolute Gasteiger partial charge is 0.294 e. The van der Waals surface area contributed by atoms with Crippen molar-refractivity contribution in [3.63, 3.8) is 0 Å². The highest BCUT2D eigenvalue weighted by atomic mass is 79.9. The lowest BCUT2D eigenvalue weighted by Crippen LogP contribution is -2.54. The van der Waals surface area contributed by atoms with Gasteiger partial charge < -0.3 is 24.5 Å². The number of aliphatic hydroxyl groups is 3. The van der Waals surface area contributed by atoms with Crippen LogP contribution in [-0.4, -0.2) is 90.2 Å². The lowest BCUT2D eigenvalue weighted by Gasteiger charge is -2.35. The first kappa shape index (κ1) is 31.7. The fraction of sp³-hybridized carbons (Fsp3) is 0.417. The molecule has 0 unspecified atom stereocenters. The van der Waals surface area contributed by atoms with Gasteiger partial charge in [-0.3, -0.25) is 9.35 Å². The first-order valence-corrected chi connectivity index (χ1v) is 13.2. The highest BCUT2D eigenvalue weighted by Crippen LogP contribution is 2.18. The van der Waals surface area contributed by atoms with E-state index in [1.54, 1.807) is 36.4 Å². The first-order valence-electron chi connectivity index (χ1n) is 10.9. The Labute approximate surface area is 219 Å². The molecule has 0 aromatic heterocycles. The topological polar surface area (TPSA) is 165 Å². The zero-order valence-electron chi connectivity index (χ0n) is 20.2. The molecule has 0 saturated heterocycles. The number of hydrogen-bond acceptors (Lipinski definition) is 8. The molecular formula is C24H32BrN2O8S+. The molecule has 36 heavy (non-hydrogen) atoms. The van der Waals surface area contributed by atoms with Crippen LogP contribution in [0.1, 0.15) is 24.2 Å². The summed E-state index contributed by atoms with van der Waals surface area (Å²) in [6, 6.07) is 14.3. The number of ketones is 1. The van der Waals surface area contributed by atoms with Crippen molar-refractivity contribution in [1.29, 1.82) is 5.26 Å². The van der Waals surface area contributed by atoms with Gasteiger partial charge in [0.2, 0.25) is 0 Å². The summed E-state index contributed by atoms with van der Waals surface area (Å²) in [5.41, 5.74) is -1.03. The number of nitriles is 1. The molecule has 0 fully saturated rings. The summed E-state index contributed by atoms with van der Waals surface area (Å²) >= 11 is 3.14. The number of rotatable bonds is 12. The Kier molecular flexibility index (Phi) is 12.7. The van der Waals surface area contributed by atoms with Crippen LogP contribution in [0.4, 0.5) is 0 Å². The molecule has 0 spiro atoms. The number of ether oxygens (including phenoxy) is 1. The largest absolute Gasteiger partial charge is 0.488 e. The number of carbonyl (C=O) groups excluding carboxylic acids is 1. The van der Waals surface area contributed by atoms with Crippen molar-refractivity contribution in [2.24, 2.45) is 0 Å². The van der Waals surface area contributed by atoms with E-state index in [1.807, 2.05) is 0 Å². The van der Waals surface area contributed by atoms with E-state index in [9.17, 15) is 28.5 Å². The summed E-state index contributed by atoms with van der Waals surface area (Å²) in [5.74, 6) is 0.199. The van der Waals surface area contributed by atoms with E-state index < -0.39 is 15.7 Å². The number of quaternary nitrogens is 1. The second kappa shape index (κ2) is 14.4. The van der Waals surface area contributed by atoms with Gasteiger partial charge in [0, 0.05) is 10.0 Å². The molecule has 0 amide bonds. The lowest BCUT2D eigenvalue weighted by atomic mass is 9.97. The third kappa shape index (κ3) is 10.7. The standard InChI is InChI=1S/C18H27N2O5.C6H5BrO3S/c1-18(2,24)17(23)15-3-5-16(6-4-15)25-14-11-20(8-7-19,9-12-21)10-13-22;7-5-1-3-6(4-2-5)11(8,9)10/h3-6,21-22,24H,8-14H2,1-2H3;1-4H,(H,8,9,10)/q+1;. The third-order valence-electron chi connectivity index (χ3n) is 5.17. The van der Waals surface area contributed by atoms with Crippen molar-refractivity contribution in [3.8, 4) is 11.8 Å². The minimum absolute atomic E-state index is 0.0740. The minimum Gasteiger partial charge on any atom is -0.488 e. The molecule has 12 heteroatoms. The number of aliphatic hydroxyl groups excluding tert-OH is 2. The van der Waals surface area contributed by atoms with Crippen LogP contribution in [0.3, 0.4) is 0 Å². The number of carbonyl (C=O) groups is 1. The van der Waals surface area contributed by atoms with E-state index in [2.05, 4.69) is 22.0 Å². The number of nitrogens with zero attached hydrogens (tertiary/aromatic N) is 2. The summed E-state index contributed by atoms with van der Waals surface area (Å²) < 4.78 is 36.2. The zero-order chi connectivity index (χ0) is 27.4. The Bertz CT molecular complexity index is 1100. The Morgan fingerprint density at radius 3 is 1.97 bits per heavy atom. The molecule has 0 radical (unpaired) electrons. The predicted octanol–water partition coefficient (Wildman–Crippen LogP) is 2.04. The van der Waals surface area contributed by atoms with Gasteiger partial charge >= 0.3 is 0 Å². The number of halogens is 1. The second-order valence-electron chi connectivity index (χ2n) is 8.47. The molecule has 2 rings (SSSR count). The van der Waals surface area contributed by atoms with Crippen LogP contribution >= 0.6 is 15.9 Å². The van der Waals surface area contributed by atoms with Crippen LogP contribution in [0.15, 0.2) is 57.9 Å². The van der Waals surface area contributed by atoms with Gasteiger partial charge in [0.25, 0.3) is 10.1 Å². The quantitative estimate of drug-likeness (QED) is 0.126. The maximum atomic E-state index is 12.0. The van der Waals surface area contributed by atoms with Gasteiger partial charge in [0.15, 0.2) is 12.3 Å². The van der Waals surface area contributed by atoms with Gasteiger partial charge in [0.1, 0.15) is 43.7 Å². The summed E-state index contributed by atoms with van der Waals surface area (Å²) in [6.45, 7) is 4.43. The molecule has 2 aromatic rings. The van der Waals surface area contributed by atoms with Gasteiger partial charge in [-0.1, -0.05) is 15.9 Å². The fourth-order valence-electron chi connectivity index (χ4n) is 3.17. The summed E-state index contributed by atoms with van der Waals surface area (Å²) in [4.78, 5) is 11.9. The van der Waals surface area contributed by atoms with Crippen molar-refractivity contribution in [2.45, 2.75) is 24.3 Å². The maximum Gasteiger partial charge on any atom is 0.294 e. The van der Waals surface area contributed by atoms with Crippen molar-refractivity contribution >= 4 is 31.8 Å². The Balaban J connectivity index is 0.000000488. The van der Waals surface area contributed by atoms with Crippen LogP contribution in [0.25, 0.3) is 0 Å². The van der Waals surface area contributed by atoms with Crippen LogP contribution in [0.2, 0.25) is 0 Å². The summed E-state index contributed by atoms with van der Waals surface area (Å²) in [7, 11) is -4.04. The van der Waals surface area contributed by atoms with Gasteiger partial charge in [-0.05, 0) is 62.4 Å². The van der Waals surface area contributed by atoms with Crippen LogP contribution in [-0.2, 0) is 10.1 Å². The fourth-order valence-corrected chi connectivity index (χ4v) is 3.91. The van der Waals surface area contributed by atoms with E-state index >= 15 is 0 Å². The van der Waals surface area contributed by atoms with Crippen molar-refractivity contribution in [1.82, 2.24) is 0 Å². The third-order valence-corrected chi connectivity index (χ3v) is 6.57. The summed E-state index contributed by atoms with van der Waals surface area (Å²) in [6.07, 6.45) is 0. The molecule has 2 aromatic carbocycles. The molecule has 0 aliphatic carbocycles. The van der Waals surface area contributed by atoms with E-state index in [4.69, 9.17) is 14.6 Å². The average molecular weight is 588 g/mol. The van der Waals surface area contributed by atoms with Gasteiger partial charge in [-0.15, -0.1) is 0 Å². The molecule has 0 atom stereocenters. The number of hydrogen-bond donors (Lipinski definition) is 4. The molecular weight excluding hydrogens is 556 g/mol. The first-order chi connectivity index (χ1) is 16.8. The van der Waals surface area contributed by atoms with Crippen molar-refractivity contribution in [3.05, 3.63) is 58.6 Å². The monoisotopic (exact) mass is 587 g/mol. The summed E-state index contributed by atoms with van der Waals surface area (Å²) in [5, 5.41) is 37.2. The maximum absolute atomic E-state index is 12.0. The van der Waals surface area contributed by atoms with E-state index in [-0.39, 0.29) is 34.9 Å². The van der Waals surface area contributed by atoms with E-state index in [0.29, 0.717) is 37.6 Å². The Morgan fingerprint density at radius 1 is 1.03 bits per heavy atom. The number of benzene rings is 2. The van der Waals surface area contributed by atoms with Gasteiger partial charge in [-0.2, -0.15) is 13.7 Å². The molecule has 198 valence electrons. The lowest BCUT2D eigenvalue weighted by molar-refractivity contribution is -0.922. The molecule has 0 bridgehead atoms.